The molecule has 0 unspecified atom stereocenters. The lowest BCUT2D eigenvalue weighted by Gasteiger charge is -2.36. The van der Waals surface area contributed by atoms with Crippen LogP contribution in [-0.4, -0.2) is 47.9 Å². The van der Waals surface area contributed by atoms with Crippen LogP contribution in [-0.2, 0) is 4.79 Å². The topological polar surface area (TPSA) is 65.5 Å². The van der Waals surface area contributed by atoms with E-state index >= 15 is 0 Å². The van der Waals surface area contributed by atoms with Gasteiger partial charge in [0.05, 0.1) is 0 Å². The molecule has 2 aromatic rings. The number of carbonyl (C=O) groups is 2. The molecule has 1 N–H and O–H groups in total. The van der Waals surface area contributed by atoms with Crippen molar-refractivity contribution in [2.75, 3.05) is 36.4 Å². The van der Waals surface area contributed by atoms with Crippen LogP contribution in [0.1, 0.15) is 23.2 Å². The molecule has 26 heavy (non-hydrogen) atoms. The summed E-state index contributed by atoms with van der Waals surface area (Å²) in [4.78, 5) is 32.5. The average Bonchev–Trinajstić information content (AvgIpc) is 3.54. The van der Waals surface area contributed by atoms with Crippen molar-refractivity contribution in [3.05, 3.63) is 54.4 Å². The molecule has 1 aromatic carbocycles. The molecule has 2 heterocycles. The van der Waals surface area contributed by atoms with Crippen LogP contribution in [0.15, 0.2) is 48.8 Å². The molecule has 0 spiro atoms. The monoisotopic (exact) mass is 350 g/mol. The fourth-order valence-electron chi connectivity index (χ4n) is 3.24. The minimum atomic E-state index is -0.146. The summed E-state index contributed by atoms with van der Waals surface area (Å²) in [6.07, 6.45) is 5.33. The van der Waals surface area contributed by atoms with E-state index in [9.17, 15) is 9.59 Å². The summed E-state index contributed by atoms with van der Waals surface area (Å²) < 4.78 is 0. The largest absolute Gasteiger partial charge is 0.368 e. The van der Waals surface area contributed by atoms with Gasteiger partial charge in [0.2, 0.25) is 5.91 Å². The molecular weight excluding hydrogens is 328 g/mol. The Morgan fingerprint density at radius 3 is 2.19 bits per heavy atom. The number of aromatic nitrogens is 1. The maximum Gasteiger partial charge on any atom is 0.255 e. The number of rotatable bonds is 4. The number of hydrogen-bond acceptors (Lipinski definition) is 4. The Morgan fingerprint density at radius 1 is 0.923 bits per heavy atom. The summed E-state index contributed by atoms with van der Waals surface area (Å²) in [6.45, 7) is 3.27. The normalized spacial score (nSPS) is 17.1. The van der Waals surface area contributed by atoms with Crippen molar-refractivity contribution >= 4 is 23.2 Å². The smallest absolute Gasteiger partial charge is 0.255 e. The van der Waals surface area contributed by atoms with Gasteiger partial charge in [0.15, 0.2) is 0 Å². The van der Waals surface area contributed by atoms with Crippen LogP contribution in [0.25, 0.3) is 0 Å². The number of pyridine rings is 1. The van der Waals surface area contributed by atoms with Crippen LogP contribution in [0, 0.1) is 5.92 Å². The number of anilines is 2. The zero-order valence-corrected chi connectivity index (χ0v) is 14.6. The summed E-state index contributed by atoms with van der Waals surface area (Å²) in [7, 11) is 0. The molecule has 1 aliphatic heterocycles. The summed E-state index contributed by atoms with van der Waals surface area (Å²) in [5, 5.41) is 2.89. The Bertz CT molecular complexity index is 779. The van der Waals surface area contributed by atoms with Gasteiger partial charge in [0.1, 0.15) is 0 Å². The van der Waals surface area contributed by atoms with E-state index in [1.807, 2.05) is 29.2 Å². The van der Waals surface area contributed by atoms with Crippen LogP contribution in [0.5, 0.6) is 0 Å². The highest BCUT2D eigenvalue weighted by Gasteiger charge is 2.34. The number of benzene rings is 1. The first-order valence-electron chi connectivity index (χ1n) is 9.06. The summed E-state index contributed by atoms with van der Waals surface area (Å²) >= 11 is 0. The highest BCUT2D eigenvalue weighted by molar-refractivity contribution is 6.04. The van der Waals surface area contributed by atoms with Crippen molar-refractivity contribution in [2.24, 2.45) is 5.92 Å². The molecule has 134 valence electrons. The average molecular weight is 350 g/mol. The zero-order chi connectivity index (χ0) is 17.9. The van der Waals surface area contributed by atoms with Gasteiger partial charge in [-0.3, -0.25) is 14.6 Å². The summed E-state index contributed by atoms with van der Waals surface area (Å²) in [5.74, 6) is 0.482. The van der Waals surface area contributed by atoms with E-state index < -0.39 is 0 Å². The molecule has 1 saturated carbocycles. The van der Waals surface area contributed by atoms with E-state index in [2.05, 4.69) is 15.2 Å². The van der Waals surface area contributed by atoms with Gasteiger partial charge in [0.25, 0.3) is 5.91 Å². The van der Waals surface area contributed by atoms with Crippen molar-refractivity contribution in [1.29, 1.82) is 0 Å². The maximum absolute atomic E-state index is 12.2. The first-order chi connectivity index (χ1) is 12.7. The van der Waals surface area contributed by atoms with E-state index in [1.54, 1.807) is 24.5 Å². The molecule has 0 bridgehead atoms. The highest BCUT2D eigenvalue weighted by Crippen LogP contribution is 2.31. The van der Waals surface area contributed by atoms with E-state index in [-0.39, 0.29) is 5.91 Å². The molecule has 1 saturated heterocycles. The number of amides is 2. The van der Waals surface area contributed by atoms with Crippen molar-refractivity contribution in [2.45, 2.75) is 12.8 Å². The molecule has 2 amide bonds. The van der Waals surface area contributed by atoms with Crippen LogP contribution >= 0.6 is 0 Å². The fraction of sp³-hybridized carbons (Fsp3) is 0.350. The minimum absolute atomic E-state index is 0.146. The van der Waals surface area contributed by atoms with Gasteiger partial charge in [-0.15, -0.1) is 0 Å². The predicted octanol–water partition coefficient (Wildman–Crippen LogP) is 2.39. The first-order valence-corrected chi connectivity index (χ1v) is 9.06. The molecule has 4 rings (SSSR count). The molecule has 2 fully saturated rings. The van der Waals surface area contributed by atoms with Crippen molar-refractivity contribution < 1.29 is 9.59 Å². The SMILES string of the molecule is O=C(Nc1ccc(N2CCN(C(=O)C3CC3)CC2)cc1)c1ccncc1. The second kappa shape index (κ2) is 7.15. The number of hydrogen-bond donors (Lipinski definition) is 1. The molecule has 2 aliphatic rings. The van der Waals surface area contributed by atoms with Gasteiger partial charge in [-0.05, 0) is 49.2 Å². The third-order valence-corrected chi connectivity index (χ3v) is 4.95. The van der Waals surface area contributed by atoms with Crippen molar-refractivity contribution in [3.63, 3.8) is 0 Å². The predicted molar refractivity (Wildman–Crippen MR) is 100 cm³/mol. The Morgan fingerprint density at radius 2 is 1.58 bits per heavy atom. The third-order valence-electron chi connectivity index (χ3n) is 4.95. The maximum atomic E-state index is 12.2. The van der Waals surface area contributed by atoms with E-state index in [1.165, 1.54) is 0 Å². The van der Waals surface area contributed by atoms with Crippen LogP contribution in [0.2, 0.25) is 0 Å². The van der Waals surface area contributed by atoms with E-state index in [0.717, 1.165) is 50.4 Å². The Kier molecular flexibility index (Phi) is 4.56. The zero-order valence-electron chi connectivity index (χ0n) is 14.6. The minimum Gasteiger partial charge on any atom is -0.368 e. The molecule has 0 radical (unpaired) electrons. The lowest BCUT2D eigenvalue weighted by atomic mass is 10.2. The van der Waals surface area contributed by atoms with Crippen LogP contribution in [0.3, 0.4) is 0 Å². The Labute approximate surface area is 152 Å². The molecule has 1 aliphatic carbocycles. The molecule has 6 heteroatoms. The summed E-state index contributed by atoms with van der Waals surface area (Å²) in [6, 6.07) is 11.2. The van der Waals surface area contributed by atoms with E-state index in [4.69, 9.17) is 0 Å². The van der Waals surface area contributed by atoms with Crippen molar-refractivity contribution in [3.8, 4) is 0 Å². The molecule has 1 aromatic heterocycles. The fourth-order valence-corrected chi connectivity index (χ4v) is 3.24. The third kappa shape index (κ3) is 3.69. The standard InChI is InChI=1S/C20H22N4O2/c25-19(15-7-9-21-10-8-15)22-17-3-5-18(6-4-17)23-11-13-24(14-12-23)20(26)16-1-2-16/h3-10,16H,1-2,11-14H2,(H,22,25). The number of nitrogens with zero attached hydrogens (tertiary/aromatic N) is 3. The quantitative estimate of drug-likeness (QED) is 0.920. The van der Waals surface area contributed by atoms with Gasteiger partial charge in [-0.2, -0.15) is 0 Å². The second-order valence-corrected chi connectivity index (χ2v) is 6.82. The molecule has 6 nitrogen and oxygen atoms in total. The molecule has 0 atom stereocenters. The molecular formula is C20H22N4O2. The highest BCUT2D eigenvalue weighted by atomic mass is 16.2. The van der Waals surface area contributed by atoms with Gasteiger partial charge >= 0.3 is 0 Å². The van der Waals surface area contributed by atoms with Gasteiger partial charge in [-0.1, -0.05) is 0 Å². The lowest BCUT2D eigenvalue weighted by Crippen LogP contribution is -2.49. The van der Waals surface area contributed by atoms with Gasteiger partial charge < -0.3 is 15.1 Å². The van der Waals surface area contributed by atoms with Crippen molar-refractivity contribution in [1.82, 2.24) is 9.88 Å². The number of nitrogens with one attached hydrogen (secondary N) is 1. The first kappa shape index (κ1) is 16.6. The Hall–Kier alpha value is -2.89. The van der Waals surface area contributed by atoms with E-state index in [0.29, 0.717) is 17.4 Å². The second-order valence-electron chi connectivity index (χ2n) is 6.82. The van der Waals surface area contributed by atoms with Crippen LogP contribution < -0.4 is 10.2 Å². The number of carbonyl (C=O) groups excluding carboxylic acids is 2. The van der Waals surface area contributed by atoms with Gasteiger partial charge in [0, 0.05) is 61.4 Å². The Balaban J connectivity index is 1.33. The van der Waals surface area contributed by atoms with Crippen LogP contribution in [0.4, 0.5) is 11.4 Å². The summed E-state index contributed by atoms with van der Waals surface area (Å²) in [5.41, 5.74) is 2.46. The lowest BCUT2D eigenvalue weighted by molar-refractivity contribution is -0.132. The number of piperazine rings is 1. The van der Waals surface area contributed by atoms with Gasteiger partial charge in [-0.25, -0.2) is 0 Å².